The van der Waals surface area contributed by atoms with E-state index in [2.05, 4.69) is 10.6 Å². The van der Waals surface area contributed by atoms with Crippen LogP contribution in [0.2, 0.25) is 0 Å². The number of hydrogen-bond acceptors (Lipinski definition) is 6. The molecule has 0 aromatic heterocycles. The van der Waals surface area contributed by atoms with Crippen molar-refractivity contribution >= 4 is 29.7 Å². The van der Waals surface area contributed by atoms with Crippen LogP contribution in [0.4, 0.5) is 0 Å². The number of carboxylic acid groups (broad SMARTS) is 2. The van der Waals surface area contributed by atoms with Crippen LogP contribution in [0.5, 0.6) is 0 Å². The first-order valence-electron chi connectivity index (χ1n) is 7.77. The zero-order valence-electron chi connectivity index (χ0n) is 13.6. The summed E-state index contributed by atoms with van der Waals surface area (Å²) in [5.41, 5.74) is 5.30. The molecule has 0 aliphatic carbocycles. The van der Waals surface area contributed by atoms with Gasteiger partial charge in [-0.15, -0.1) is 0 Å². The molecule has 6 N–H and O–H groups in total. The normalized spacial score (nSPS) is 17.6. The monoisotopic (exact) mass is 358 g/mol. The van der Waals surface area contributed by atoms with Crippen LogP contribution in [-0.2, 0) is 24.0 Å². The average molecular weight is 358 g/mol. The third kappa shape index (κ3) is 6.37. The second kappa shape index (κ2) is 9.57. The summed E-state index contributed by atoms with van der Waals surface area (Å²) in [7, 11) is 0. The molecule has 25 heavy (non-hydrogen) atoms. The summed E-state index contributed by atoms with van der Waals surface area (Å²) < 4.78 is 0. The van der Waals surface area contributed by atoms with Crippen molar-refractivity contribution in [2.75, 3.05) is 19.6 Å². The molecule has 11 nitrogen and oxygen atoms in total. The lowest BCUT2D eigenvalue weighted by molar-refractivity contribution is -0.141. The summed E-state index contributed by atoms with van der Waals surface area (Å²) in [6.07, 6.45) is 0.417. The molecule has 1 fully saturated rings. The van der Waals surface area contributed by atoms with Crippen LogP contribution in [0.25, 0.3) is 0 Å². The van der Waals surface area contributed by atoms with E-state index in [0.29, 0.717) is 19.4 Å². The molecular weight excluding hydrogens is 336 g/mol. The number of hydrogen-bond donors (Lipinski definition) is 5. The number of nitrogens with one attached hydrogen (secondary N) is 2. The maximum Gasteiger partial charge on any atom is 0.322 e. The molecule has 1 heterocycles. The highest BCUT2D eigenvalue weighted by atomic mass is 16.4. The number of aliphatic carboxylic acids is 2. The molecular formula is C14H22N4O7. The molecule has 1 saturated heterocycles. The first-order chi connectivity index (χ1) is 11.8. The molecule has 0 aromatic rings. The van der Waals surface area contributed by atoms with Crippen LogP contribution in [0, 0.1) is 0 Å². The standard InChI is InChI=1S/C14H22N4O7/c15-6-10(19)18-5-1-2-9(18)14(25)17-8(3-4-11(20)21)13(24)16-7-12(22)23/h8-9H,1-7,15H2,(H,16,24)(H,17,25)(H,20,21)(H,22,23). The van der Waals surface area contributed by atoms with Gasteiger partial charge in [0.2, 0.25) is 17.7 Å². The molecule has 0 spiro atoms. The third-order valence-electron chi connectivity index (χ3n) is 3.74. The smallest absolute Gasteiger partial charge is 0.322 e. The van der Waals surface area contributed by atoms with Gasteiger partial charge < -0.3 is 31.5 Å². The van der Waals surface area contributed by atoms with E-state index in [0.717, 1.165) is 0 Å². The van der Waals surface area contributed by atoms with Gasteiger partial charge in [0.25, 0.3) is 0 Å². The Hall–Kier alpha value is -2.69. The Balaban J connectivity index is 2.75. The Morgan fingerprint density at radius 3 is 2.40 bits per heavy atom. The van der Waals surface area contributed by atoms with Gasteiger partial charge in [-0.25, -0.2) is 0 Å². The van der Waals surface area contributed by atoms with E-state index in [4.69, 9.17) is 15.9 Å². The molecule has 0 aromatic carbocycles. The highest BCUT2D eigenvalue weighted by molar-refractivity contribution is 5.93. The average Bonchev–Trinajstić information content (AvgIpc) is 3.04. The number of nitrogens with zero attached hydrogens (tertiary/aromatic N) is 1. The Morgan fingerprint density at radius 1 is 1.16 bits per heavy atom. The van der Waals surface area contributed by atoms with Crippen molar-refractivity contribution in [2.24, 2.45) is 5.73 Å². The Morgan fingerprint density at radius 2 is 1.84 bits per heavy atom. The largest absolute Gasteiger partial charge is 0.481 e. The Bertz CT molecular complexity index is 551. The van der Waals surface area contributed by atoms with Gasteiger partial charge in [0.05, 0.1) is 6.54 Å². The highest BCUT2D eigenvalue weighted by Crippen LogP contribution is 2.17. The van der Waals surface area contributed by atoms with E-state index in [1.54, 1.807) is 0 Å². The quantitative estimate of drug-likeness (QED) is 0.300. The summed E-state index contributed by atoms with van der Waals surface area (Å²) in [6.45, 7) is -0.524. The lowest BCUT2D eigenvalue weighted by Crippen LogP contribution is -2.54. The van der Waals surface area contributed by atoms with Crippen molar-refractivity contribution in [3.8, 4) is 0 Å². The molecule has 0 radical (unpaired) electrons. The molecule has 1 aliphatic heterocycles. The van der Waals surface area contributed by atoms with Gasteiger partial charge >= 0.3 is 11.9 Å². The summed E-state index contributed by atoms with van der Waals surface area (Å²) >= 11 is 0. The van der Waals surface area contributed by atoms with E-state index >= 15 is 0 Å². The number of nitrogens with two attached hydrogens (primary N) is 1. The Kier molecular flexibility index (Phi) is 7.79. The minimum absolute atomic E-state index is 0.204. The first-order valence-corrected chi connectivity index (χ1v) is 7.77. The number of carbonyl (C=O) groups is 5. The first kappa shape index (κ1) is 20.4. The number of likely N-dealkylation sites (tertiary alicyclic amines) is 1. The fraction of sp³-hybridized carbons (Fsp3) is 0.643. The highest BCUT2D eigenvalue weighted by Gasteiger charge is 2.35. The topological polar surface area (TPSA) is 179 Å². The van der Waals surface area contributed by atoms with E-state index in [9.17, 15) is 24.0 Å². The van der Waals surface area contributed by atoms with Crippen molar-refractivity contribution < 1.29 is 34.2 Å². The van der Waals surface area contributed by atoms with Crippen molar-refractivity contribution in [1.29, 1.82) is 0 Å². The number of amides is 3. The minimum Gasteiger partial charge on any atom is -0.481 e. The fourth-order valence-electron chi connectivity index (χ4n) is 2.55. The van der Waals surface area contributed by atoms with Gasteiger partial charge in [-0.2, -0.15) is 0 Å². The lowest BCUT2D eigenvalue weighted by Gasteiger charge is -2.25. The summed E-state index contributed by atoms with van der Waals surface area (Å²) in [4.78, 5) is 58.7. The molecule has 140 valence electrons. The molecule has 1 rings (SSSR count). The summed E-state index contributed by atoms with van der Waals surface area (Å²) in [5.74, 6) is -4.22. The van der Waals surface area contributed by atoms with E-state index in [1.807, 2.05) is 0 Å². The van der Waals surface area contributed by atoms with Gasteiger partial charge in [-0.3, -0.25) is 24.0 Å². The van der Waals surface area contributed by atoms with Gasteiger partial charge in [0.1, 0.15) is 18.6 Å². The van der Waals surface area contributed by atoms with Crippen LogP contribution in [-0.4, -0.2) is 76.5 Å². The molecule has 0 bridgehead atoms. The van der Waals surface area contributed by atoms with E-state index in [1.165, 1.54) is 4.90 Å². The van der Waals surface area contributed by atoms with Crippen LogP contribution < -0.4 is 16.4 Å². The van der Waals surface area contributed by atoms with Gasteiger partial charge in [0, 0.05) is 13.0 Å². The van der Waals surface area contributed by atoms with Crippen molar-refractivity contribution in [3.05, 3.63) is 0 Å². The third-order valence-corrected chi connectivity index (χ3v) is 3.74. The van der Waals surface area contributed by atoms with Crippen molar-refractivity contribution in [1.82, 2.24) is 15.5 Å². The zero-order chi connectivity index (χ0) is 19.0. The van der Waals surface area contributed by atoms with Crippen LogP contribution in [0.3, 0.4) is 0 Å². The fourth-order valence-corrected chi connectivity index (χ4v) is 2.55. The summed E-state index contributed by atoms with van der Waals surface area (Å²) in [6, 6.07) is -1.99. The molecule has 3 amide bonds. The second-order valence-electron chi connectivity index (χ2n) is 5.55. The lowest BCUT2D eigenvalue weighted by atomic mass is 10.1. The van der Waals surface area contributed by atoms with Crippen LogP contribution in [0.15, 0.2) is 0 Å². The Labute approximate surface area is 143 Å². The number of carboxylic acids is 2. The molecule has 1 aliphatic rings. The maximum atomic E-state index is 12.4. The van der Waals surface area contributed by atoms with E-state index < -0.39 is 48.3 Å². The maximum absolute atomic E-state index is 12.4. The van der Waals surface area contributed by atoms with Gasteiger partial charge in [-0.05, 0) is 19.3 Å². The zero-order valence-corrected chi connectivity index (χ0v) is 13.6. The SMILES string of the molecule is NCC(=O)N1CCCC1C(=O)NC(CCC(=O)O)C(=O)NCC(=O)O. The number of rotatable bonds is 9. The predicted octanol–water partition coefficient (Wildman–Crippen LogP) is -2.51. The molecule has 0 saturated carbocycles. The van der Waals surface area contributed by atoms with Crippen LogP contribution >= 0.6 is 0 Å². The van der Waals surface area contributed by atoms with E-state index in [-0.39, 0.29) is 19.4 Å². The molecule has 2 unspecified atom stereocenters. The second-order valence-corrected chi connectivity index (χ2v) is 5.55. The molecule has 2 atom stereocenters. The van der Waals surface area contributed by atoms with Crippen LogP contribution in [0.1, 0.15) is 25.7 Å². The summed E-state index contributed by atoms with van der Waals surface area (Å²) in [5, 5.41) is 21.8. The van der Waals surface area contributed by atoms with Gasteiger partial charge in [-0.1, -0.05) is 0 Å². The van der Waals surface area contributed by atoms with Crippen molar-refractivity contribution in [2.45, 2.75) is 37.8 Å². The minimum atomic E-state index is -1.27. The molecule has 11 heteroatoms. The van der Waals surface area contributed by atoms with Crippen molar-refractivity contribution in [3.63, 3.8) is 0 Å². The predicted molar refractivity (Wildman–Crippen MR) is 83.2 cm³/mol. The van der Waals surface area contributed by atoms with Gasteiger partial charge in [0.15, 0.2) is 0 Å². The number of carbonyl (C=O) groups excluding carboxylic acids is 3.